The number of rotatable bonds is 4. The fourth-order valence-electron chi connectivity index (χ4n) is 4.52. The Morgan fingerprint density at radius 2 is 2.07 bits per heavy atom. The first-order valence-corrected chi connectivity index (χ1v) is 10.3. The van der Waals surface area contributed by atoms with Crippen molar-refractivity contribution in [3.8, 4) is 0 Å². The van der Waals surface area contributed by atoms with Crippen LogP contribution in [0.4, 0.5) is 0 Å². The van der Waals surface area contributed by atoms with Crippen LogP contribution in [-0.2, 0) is 19.1 Å². The first-order chi connectivity index (χ1) is 14.1. The van der Waals surface area contributed by atoms with Crippen molar-refractivity contribution in [2.24, 2.45) is 11.8 Å². The van der Waals surface area contributed by atoms with Crippen molar-refractivity contribution >= 4 is 17.7 Å². The van der Waals surface area contributed by atoms with Crippen LogP contribution in [0.25, 0.3) is 0 Å². The Labute approximate surface area is 169 Å². The Balaban J connectivity index is 1.42. The van der Waals surface area contributed by atoms with Crippen LogP contribution in [0, 0.1) is 11.8 Å². The van der Waals surface area contributed by atoms with E-state index >= 15 is 0 Å². The van der Waals surface area contributed by atoms with Gasteiger partial charge in [-0.05, 0) is 38.2 Å². The van der Waals surface area contributed by atoms with E-state index in [1.165, 1.54) is 0 Å². The lowest BCUT2D eigenvalue weighted by molar-refractivity contribution is -0.137. The van der Waals surface area contributed by atoms with Crippen LogP contribution >= 0.6 is 0 Å². The Hall–Kier alpha value is -2.61. The summed E-state index contributed by atoms with van der Waals surface area (Å²) >= 11 is 0. The van der Waals surface area contributed by atoms with Gasteiger partial charge in [-0.15, -0.1) is 0 Å². The zero-order valence-electron chi connectivity index (χ0n) is 16.4. The quantitative estimate of drug-likeness (QED) is 0.422. The molecule has 2 heterocycles. The lowest BCUT2D eigenvalue weighted by Gasteiger charge is -2.35. The average Bonchev–Trinajstić information content (AvgIpc) is 3.30. The summed E-state index contributed by atoms with van der Waals surface area (Å²) in [6.45, 7) is 2.18. The molecule has 0 spiro atoms. The second kappa shape index (κ2) is 8.41. The molecule has 0 aromatic rings. The predicted octanol–water partition coefficient (Wildman–Crippen LogP) is 1.49. The Kier molecular flexibility index (Phi) is 5.71. The fourth-order valence-corrected chi connectivity index (χ4v) is 4.52. The van der Waals surface area contributed by atoms with Crippen LogP contribution in [0.5, 0.6) is 0 Å². The van der Waals surface area contributed by atoms with Crippen LogP contribution in [0.15, 0.2) is 35.3 Å². The number of nitrogens with one attached hydrogen (secondary N) is 1. The lowest BCUT2D eigenvalue weighted by Crippen LogP contribution is -2.42. The molecule has 0 aromatic carbocycles. The summed E-state index contributed by atoms with van der Waals surface area (Å²) in [5.41, 5.74) is 3.48. The molecule has 1 saturated heterocycles. The molecule has 8 heteroatoms. The van der Waals surface area contributed by atoms with Crippen LogP contribution in [-0.4, -0.2) is 59.0 Å². The highest BCUT2D eigenvalue weighted by molar-refractivity contribution is 5.83. The van der Waals surface area contributed by atoms with Gasteiger partial charge in [0.2, 0.25) is 5.91 Å². The molecule has 0 aromatic heterocycles. The van der Waals surface area contributed by atoms with Gasteiger partial charge in [0.15, 0.2) is 6.61 Å². The Morgan fingerprint density at radius 1 is 1.28 bits per heavy atom. The van der Waals surface area contributed by atoms with Gasteiger partial charge in [0, 0.05) is 32.0 Å². The number of hydrogen-bond donors (Lipinski definition) is 2. The summed E-state index contributed by atoms with van der Waals surface area (Å²) in [6.07, 6.45) is 10.3. The summed E-state index contributed by atoms with van der Waals surface area (Å²) in [7, 11) is 0. The van der Waals surface area contributed by atoms with E-state index in [4.69, 9.17) is 9.94 Å². The molecule has 0 saturated carbocycles. The van der Waals surface area contributed by atoms with E-state index < -0.39 is 11.8 Å². The monoisotopic (exact) mass is 401 g/mol. The van der Waals surface area contributed by atoms with E-state index in [0.717, 1.165) is 44.3 Å². The third-order valence-corrected chi connectivity index (χ3v) is 6.24. The number of carbonyl (C=O) groups excluding carboxylic acids is 3. The van der Waals surface area contributed by atoms with E-state index in [0.29, 0.717) is 30.8 Å². The molecule has 0 bridgehead atoms. The average molecular weight is 401 g/mol. The summed E-state index contributed by atoms with van der Waals surface area (Å²) in [5.74, 6) is -0.282. The number of hydrogen-bond acceptors (Lipinski definition) is 5. The normalized spacial score (nSPS) is 26.8. The number of ether oxygens (including phenoxy) is 1. The third kappa shape index (κ3) is 4.07. The van der Waals surface area contributed by atoms with Gasteiger partial charge in [-0.25, -0.2) is 5.48 Å². The van der Waals surface area contributed by atoms with Crippen LogP contribution in [0.1, 0.15) is 38.5 Å². The SMILES string of the molecule is O=C(NO)C1C=CC2=C(C1)N(CC1=CCC(C(=O)N3CCCC3)CC1)C(=O)CO2. The van der Waals surface area contributed by atoms with Crippen molar-refractivity contribution in [1.82, 2.24) is 15.3 Å². The highest BCUT2D eigenvalue weighted by Crippen LogP contribution is 2.33. The van der Waals surface area contributed by atoms with Crippen molar-refractivity contribution in [2.75, 3.05) is 26.2 Å². The van der Waals surface area contributed by atoms with Gasteiger partial charge < -0.3 is 14.5 Å². The summed E-state index contributed by atoms with van der Waals surface area (Å²) in [4.78, 5) is 40.6. The van der Waals surface area contributed by atoms with Crippen LogP contribution in [0.3, 0.4) is 0 Å². The molecule has 29 heavy (non-hydrogen) atoms. The highest BCUT2D eigenvalue weighted by atomic mass is 16.5. The number of amides is 3. The summed E-state index contributed by atoms with van der Waals surface area (Å²) in [6, 6.07) is 0. The second-order valence-corrected chi connectivity index (χ2v) is 8.09. The Bertz CT molecular complexity index is 794. The second-order valence-electron chi connectivity index (χ2n) is 8.09. The van der Waals surface area contributed by atoms with Crippen molar-refractivity contribution in [1.29, 1.82) is 0 Å². The smallest absolute Gasteiger partial charge is 0.265 e. The van der Waals surface area contributed by atoms with Crippen molar-refractivity contribution in [3.05, 3.63) is 35.3 Å². The van der Waals surface area contributed by atoms with Gasteiger partial charge in [0.05, 0.1) is 11.6 Å². The molecule has 2 atom stereocenters. The third-order valence-electron chi connectivity index (χ3n) is 6.24. The van der Waals surface area contributed by atoms with Crippen molar-refractivity contribution in [2.45, 2.75) is 38.5 Å². The molecule has 2 aliphatic heterocycles. The van der Waals surface area contributed by atoms with Crippen molar-refractivity contribution in [3.63, 3.8) is 0 Å². The number of allylic oxidation sites excluding steroid dienone is 3. The van der Waals surface area contributed by atoms with Crippen molar-refractivity contribution < 1.29 is 24.3 Å². The Morgan fingerprint density at radius 3 is 2.76 bits per heavy atom. The number of nitrogens with zero attached hydrogens (tertiary/aromatic N) is 2. The zero-order valence-corrected chi connectivity index (χ0v) is 16.4. The van der Waals surface area contributed by atoms with Gasteiger partial charge >= 0.3 is 0 Å². The molecule has 3 amide bonds. The first kappa shape index (κ1) is 19.7. The molecule has 2 aliphatic carbocycles. The minimum absolute atomic E-state index is 0.0244. The molecule has 4 rings (SSSR count). The number of hydroxylamine groups is 1. The standard InChI is InChI=1S/C21H27N3O5/c25-19-13-29-18-8-7-16(20(26)22-28)11-17(18)24(19)12-14-3-5-15(6-4-14)21(27)23-9-1-2-10-23/h3,7-8,15-16,28H,1-2,4-6,9-13H2,(H,22,26). The molecule has 4 aliphatic rings. The fraction of sp³-hybridized carbons (Fsp3) is 0.571. The molecular weight excluding hydrogens is 374 g/mol. The molecule has 2 N–H and O–H groups in total. The van der Waals surface area contributed by atoms with E-state index in [1.807, 2.05) is 4.90 Å². The number of likely N-dealkylation sites (tertiary alicyclic amines) is 1. The van der Waals surface area contributed by atoms with Gasteiger partial charge in [-0.2, -0.15) is 0 Å². The molecule has 0 radical (unpaired) electrons. The minimum Gasteiger partial charge on any atom is -0.482 e. The molecule has 2 unspecified atom stereocenters. The molecule has 156 valence electrons. The maximum absolute atomic E-state index is 12.6. The zero-order chi connectivity index (χ0) is 20.4. The van der Waals surface area contributed by atoms with Gasteiger partial charge in [-0.1, -0.05) is 17.7 Å². The van der Waals surface area contributed by atoms with Gasteiger partial charge in [-0.3, -0.25) is 19.6 Å². The maximum Gasteiger partial charge on any atom is 0.265 e. The maximum atomic E-state index is 12.6. The number of carbonyl (C=O) groups is 3. The highest BCUT2D eigenvalue weighted by Gasteiger charge is 2.34. The molecular formula is C21H27N3O5. The summed E-state index contributed by atoms with van der Waals surface area (Å²) in [5, 5.41) is 8.91. The summed E-state index contributed by atoms with van der Waals surface area (Å²) < 4.78 is 5.52. The largest absolute Gasteiger partial charge is 0.482 e. The van der Waals surface area contributed by atoms with E-state index in [2.05, 4.69) is 6.08 Å². The van der Waals surface area contributed by atoms with Crippen LogP contribution in [0.2, 0.25) is 0 Å². The van der Waals surface area contributed by atoms with Crippen LogP contribution < -0.4 is 5.48 Å². The van der Waals surface area contributed by atoms with Gasteiger partial charge in [0.1, 0.15) is 5.76 Å². The molecule has 1 fully saturated rings. The lowest BCUT2D eigenvalue weighted by atomic mass is 9.88. The van der Waals surface area contributed by atoms with E-state index in [-0.39, 0.29) is 24.3 Å². The van der Waals surface area contributed by atoms with E-state index in [9.17, 15) is 14.4 Å². The van der Waals surface area contributed by atoms with E-state index in [1.54, 1.807) is 22.5 Å². The predicted molar refractivity (Wildman–Crippen MR) is 103 cm³/mol. The molecule has 8 nitrogen and oxygen atoms in total. The first-order valence-electron chi connectivity index (χ1n) is 10.3. The minimum atomic E-state index is -0.543. The van der Waals surface area contributed by atoms with Gasteiger partial charge in [0.25, 0.3) is 11.8 Å². The topological polar surface area (TPSA) is 99.2 Å².